The van der Waals surface area contributed by atoms with Crippen LogP contribution in [-0.4, -0.2) is 106 Å². The smallest absolute Gasteiger partial charge is 0.408 e. The number of para-hydroxylation sites is 1. The number of likely N-dealkylation sites (tertiary alicyclic amines) is 1. The summed E-state index contributed by atoms with van der Waals surface area (Å²) in [4.78, 5) is 66.3. The fourth-order valence-electron chi connectivity index (χ4n) is 8.03. The Morgan fingerprint density at radius 2 is 1.79 bits per heavy atom. The summed E-state index contributed by atoms with van der Waals surface area (Å²) in [5.74, 6) is -1.86. The van der Waals surface area contributed by atoms with Crippen molar-refractivity contribution in [1.29, 1.82) is 0 Å². The number of fused-ring (bicyclic) bond motifs is 1. The number of nitrogens with zero attached hydrogens (tertiary/aromatic N) is 4. The van der Waals surface area contributed by atoms with Gasteiger partial charge in [0.1, 0.15) is 39.9 Å². The van der Waals surface area contributed by atoms with E-state index in [0.29, 0.717) is 24.8 Å². The third kappa shape index (κ3) is 8.69. The minimum atomic E-state index is -3.86. The summed E-state index contributed by atoms with van der Waals surface area (Å²) < 4.78 is 41.7. The van der Waals surface area contributed by atoms with Gasteiger partial charge in [-0.15, -0.1) is 11.3 Å². The quantitative estimate of drug-likeness (QED) is 0.191. The van der Waals surface area contributed by atoms with Gasteiger partial charge in [-0.1, -0.05) is 19.9 Å². The number of rotatable bonds is 13. The van der Waals surface area contributed by atoms with Crippen LogP contribution < -0.4 is 25.4 Å². The number of hydrogen-bond donors (Lipinski definition) is 4. The van der Waals surface area contributed by atoms with Crippen LogP contribution in [0.3, 0.4) is 0 Å². The molecule has 3 aromatic rings. The third-order valence-electron chi connectivity index (χ3n) is 11.5. The van der Waals surface area contributed by atoms with E-state index in [9.17, 15) is 27.6 Å². The lowest BCUT2D eigenvalue weighted by atomic mass is 9.95. The molecule has 2 aliphatic carbocycles. The predicted octanol–water partition coefficient (Wildman–Crippen LogP) is 4.36. The molecule has 18 heteroatoms. The highest BCUT2D eigenvalue weighted by Gasteiger charge is 2.61. The van der Waals surface area contributed by atoms with Gasteiger partial charge in [0.15, 0.2) is 0 Å². The van der Waals surface area contributed by atoms with Crippen LogP contribution in [0.5, 0.6) is 6.01 Å². The highest BCUT2D eigenvalue weighted by molar-refractivity contribution is 7.91. The van der Waals surface area contributed by atoms with Crippen molar-refractivity contribution in [3.05, 3.63) is 29.3 Å². The van der Waals surface area contributed by atoms with Crippen molar-refractivity contribution >= 4 is 56.2 Å². The molecule has 4 aliphatic rings. The van der Waals surface area contributed by atoms with Gasteiger partial charge in [0.05, 0.1) is 23.0 Å². The highest BCUT2D eigenvalue weighted by Crippen LogP contribution is 2.44. The van der Waals surface area contributed by atoms with Gasteiger partial charge in [0.25, 0.3) is 11.9 Å². The molecule has 316 valence electrons. The predicted molar refractivity (Wildman–Crippen MR) is 219 cm³/mol. The summed E-state index contributed by atoms with van der Waals surface area (Å²) >= 11 is 1.59. The number of amides is 4. The van der Waals surface area contributed by atoms with E-state index < -0.39 is 68.4 Å². The fourth-order valence-corrected chi connectivity index (χ4v) is 10.3. The number of benzene rings is 1. The molecule has 0 spiro atoms. The van der Waals surface area contributed by atoms with Crippen molar-refractivity contribution < 1.29 is 37.1 Å². The van der Waals surface area contributed by atoms with Crippen LogP contribution in [0.15, 0.2) is 23.6 Å². The fraction of sp³-hybridized carbons (Fsp3) is 0.650. The van der Waals surface area contributed by atoms with E-state index in [1.165, 1.54) is 4.90 Å². The summed E-state index contributed by atoms with van der Waals surface area (Å²) in [6, 6.07) is 4.09. The van der Waals surface area contributed by atoms with Crippen LogP contribution in [0, 0.1) is 5.92 Å². The number of ether oxygens (including phenoxy) is 2. The molecule has 4 amide bonds. The molecule has 5 atom stereocenters. The van der Waals surface area contributed by atoms with E-state index in [2.05, 4.69) is 26.1 Å². The van der Waals surface area contributed by atoms with E-state index in [4.69, 9.17) is 19.4 Å². The number of imidazole rings is 1. The Hall–Kier alpha value is -4.29. The van der Waals surface area contributed by atoms with E-state index in [0.717, 1.165) is 53.2 Å². The molecular weight excluding hydrogens is 785 g/mol. The molecule has 16 nitrogen and oxygen atoms in total. The van der Waals surface area contributed by atoms with Crippen molar-refractivity contribution in [3.8, 4) is 16.6 Å². The van der Waals surface area contributed by atoms with Crippen molar-refractivity contribution in [3.63, 3.8) is 0 Å². The number of hydrogen-bond acceptors (Lipinski definition) is 12. The molecule has 2 saturated carbocycles. The maximum absolute atomic E-state index is 14.3. The number of carbonyl (C=O) groups excluding carboxylic acids is 4. The first-order valence-corrected chi connectivity index (χ1v) is 22.9. The van der Waals surface area contributed by atoms with Crippen LogP contribution in [0.2, 0.25) is 0 Å². The normalized spacial score (nSPS) is 24.4. The Kier molecular flexibility index (Phi) is 11.6. The second-order valence-corrected chi connectivity index (χ2v) is 20.3. The van der Waals surface area contributed by atoms with Gasteiger partial charge in [0.2, 0.25) is 21.8 Å². The number of sulfonamides is 1. The zero-order chi connectivity index (χ0) is 41.7. The first kappa shape index (κ1) is 41.9. The molecule has 7 rings (SSSR count). The van der Waals surface area contributed by atoms with Gasteiger partial charge in [-0.3, -0.25) is 23.7 Å². The van der Waals surface area contributed by atoms with E-state index in [1.807, 2.05) is 36.6 Å². The minimum Gasteiger partial charge on any atom is -0.459 e. The van der Waals surface area contributed by atoms with Crippen molar-refractivity contribution in [2.45, 2.75) is 140 Å². The van der Waals surface area contributed by atoms with E-state index >= 15 is 0 Å². The van der Waals surface area contributed by atoms with Gasteiger partial charge in [-0.2, -0.15) is 4.98 Å². The van der Waals surface area contributed by atoms with Crippen LogP contribution in [-0.2, 0) is 29.1 Å². The Bertz CT molecular complexity index is 2170. The van der Waals surface area contributed by atoms with E-state index in [1.54, 1.807) is 46.0 Å². The summed E-state index contributed by atoms with van der Waals surface area (Å²) in [5.41, 5.74) is 1.30. The second kappa shape index (κ2) is 16.0. The zero-order valence-corrected chi connectivity index (χ0v) is 35.9. The molecule has 0 bridgehead atoms. The van der Waals surface area contributed by atoms with Crippen molar-refractivity contribution in [2.75, 3.05) is 19.6 Å². The number of piperidine rings is 1. The molecule has 4 fully saturated rings. The summed E-state index contributed by atoms with van der Waals surface area (Å²) in [6.45, 7) is 14.6. The van der Waals surface area contributed by atoms with E-state index in [-0.39, 0.29) is 37.8 Å². The lowest BCUT2D eigenvalue weighted by Crippen LogP contribution is -2.58. The van der Waals surface area contributed by atoms with Crippen LogP contribution in [0.1, 0.15) is 111 Å². The molecule has 2 aromatic heterocycles. The lowest BCUT2D eigenvalue weighted by molar-refractivity contribution is -0.141. The molecule has 2 aliphatic heterocycles. The summed E-state index contributed by atoms with van der Waals surface area (Å²) in [5, 5.41) is 11.3. The van der Waals surface area contributed by atoms with Gasteiger partial charge in [0, 0.05) is 29.3 Å². The Morgan fingerprint density at radius 1 is 1.09 bits per heavy atom. The highest BCUT2D eigenvalue weighted by atomic mass is 32.2. The van der Waals surface area contributed by atoms with Crippen molar-refractivity contribution in [2.24, 2.45) is 5.92 Å². The monoisotopic (exact) mass is 840 g/mol. The molecule has 58 heavy (non-hydrogen) atoms. The number of carbonyl (C=O) groups is 4. The number of aromatic nitrogens is 3. The minimum absolute atomic E-state index is 0.0194. The number of nitrogens with one attached hydrogen (secondary N) is 4. The topological polar surface area (TPSA) is 203 Å². The largest absolute Gasteiger partial charge is 0.459 e. The standard InChI is InChI=1S/C40H56N8O8S2/c1-8-28(43-38(52)56-39(5,6)7)35(50)47-20-25(18-31(47)33(49)45-40(19-23(40)4)36(51)46-58(53,54)26-12-13-26)55-37-44-32-27(10-9-11-30(32)48(37)22(2)3)34-42-29(21-57-34)24-14-16-41-17-15-24/h9-11,21-26,28,31,41H,8,12-20H2,1-7H3,(H,43,52)(H,45,49)(H,46,51). The molecule has 5 unspecified atom stereocenters. The van der Waals surface area contributed by atoms with Gasteiger partial charge in [-0.05, 0) is 104 Å². The van der Waals surface area contributed by atoms with Gasteiger partial charge < -0.3 is 30.3 Å². The number of thiazole rings is 1. The van der Waals surface area contributed by atoms with Crippen molar-refractivity contribution in [1.82, 2.24) is 40.1 Å². The molecule has 4 heterocycles. The maximum atomic E-state index is 14.3. The molecular formula is C40H56N8O8S2. The Balaban J connectivity index is 1.16. The first-order valence-electron chi connectivity index (χ1n) is 20.4. The lowest BCUT2D eigenvalue weighted by Gasteiger charge is -2.30. The van der Waals surface area contributed by atoms with Crippen LogP contribution in [0.4, 0.5) is 4.79 Å². The molecule has 2 saturated heterocycles. The SMILES string of the molecule is CCC(NC(=O)OC(C)(C)C)C(=O)N1CC(Oc2nc3c(-c4nc(C5CCNCC5)cs4)cccc3n2C(C)C)CC1C(=O)NC1(C(=O)NS(=O)(=O)C2CC2)CC1C. The maximum Gasteiger partial charge on any atom is 0.408 e. The average Bonchev–Trinajstić information content (AvgIpc) is 3.94. The molecule has 4 N–H and O–H groups in total. The summed E-state index contributed by atoms with van der Waals surface area (Å²) in [6.07, 6.45) is 2.05. The Morgan fingerprint density at radius 3 is 2.41 bits per heavy atom. The first-order chi connectivity index (χ1) is 27.4. The molecule has 1 aromatic carbocycles. The average molecular weight is 841 g/mol. The van der Waals surface area contributed by atoms with Gasteiger partial charge in [-0.25, -0.2) is 18.2 Å². The van der Waals surface area contributed by atoms with Gasteiger partial charge >= 0.3 is 6.09 Å². The second-order valence-electron chi connectivity index (χ2n) is 17.5. The Labute approximate surface area is 343 Å². The van der Waals surface area contributed by atoms with Crippen LogP contribution in [0.25, 0.3) is 21.6 Å². The number of alkyl carbamates (subject to hydrolysis) is 1. The molecule has 0 radical (unpaired) electrons. The van der Waals surface area contributed by atoms with Crippen LogP contribution >= 0.6 is 11.3 Å². The summed E-state index contributed by atoms with van der Waals surface area (Å²) in [7, 11) is -3.86. The zero-order valence-electron chi connectivity index (χ0n) is 34.3. The third-order valence-corrected chi connectivity index (χ3v) is 14.2.